The van der Waals surface area contributed by atoms with Crippen LogP contribution < -0.4 is 10.1 Å². The van der Waals surface area contributed by atoms with Gasteiger partial charge in [0.05, 0.1) is 13.2 Å². The molecule has 2 nitrogen and oxygen atoms in total. The molecule has 0 bridgehead atoms. The van der Waals surface area contributed by atoms with Crippen molar-refractivity contribution in [1.82, 2.24) is 0 Å². The van der Waals surface area contributed by atoms with Gasteiger partial charge < -0.3 is 10.1 Å². The molecule has 2 aromatic rings. The molecule has 0 aromatic heterocycles. The predicted octanol–water partition coefficient (Wildman–Crippen LogP) is 3.87. The summed E-state index contributed by atoms with van der Waals surface area (Å²) in [6, 6.07) is 18.5. The Morgan fingerprint density at radius 2 is 1.59 bits per heavy atom. The van der Waals surface area contributed by atoms with E-state index in [1.54, 1.807) is 7.11 Å². The topological polar surface area (TPSA) is 21.3 Å². The Hall–Kier alpha value is -1.96. The molecule has 0 aliphatic carbocycles. The molecule has 1 unspecified atom stereocenters. The summed E-state index contributed by atoms with van der Waals surface area (Å²) in [6.07, 6.45) is 0. The average Bonchev–Trinajstić information content (AvgIpc) is 2.40. The van der Waals surface area contributed by atoms with E-state index >= 15 is 0 Å². The molecule has 0 aliphatic heterocycles. The molecule has 0 aliphatic rings. The molecule has 2 heteroatoms. The van der Waals surface area contributed by atoms with E-state index in [1.807, 2.05) is 36.4 Å². The minimum Gasteiger partial charge on any atom is -0.496 e. The fourth-order valence-corrected chi connectivity index (χ4v) is 1.89. The van der Waals surface area contributed by atoms with Gasteiger partial charge in [0.15, 0.2) is 0 Å². The summed E-state index contributed by atoms with van der Waals surface area (Å²) in [5.41, 5.74) is 2.28. The highest BCUT2D eigenvalue weighted by Crippen LogP contribution is 2.27. The Morgan fingerprint density at radius 3 is 2.29 bits per heavy atom. The minimum absolute atomic E-state index is 0.216. The van der Waals surface area contributed by atoms with Crippen LogP contribution in [0, 0.1) is 0 Å². The number of anilines is 1. The predicted molar refractivity (Wildman–Crippen MR) is 71.5 cm³/mol. The summed E-state index contributed by atoms with van der Waals surface area (Å²) in [5.74, 6) is 0.920. The Kier molecular flexibility index (Phi) is 3.66. The average molecular weight is 227 g/mol. The van der Waals surface area contributed by atoms with Crippen molar-refractivity contribution >= 4 is 5.69 Å². The van der Waals surface area contributed by atoms with Gasteiger partial charge in [0.25, 0.3) is 0 Å². The summed E-state index contributed by atoms with van der Waals surface area (Å²) in [7, 11) is 1.70. The van der Waals surface area contributed by atoms with Crippen LogP contribution in [0.5, 0.6) is 5.75 Å². The highest BCUT2D eigenvalue weighted by atomic mass is 16.5. The number of para-hydroxylation sites is 2. The first-order valence-electron chi connectivity index (χ1n) is 5.76. The summed E-state index contributed by atoms with van der Waals surface area (Å²) in [4.78, 5) is 0. The maximum Gasteiger partial charge on any atom is 0.124 e. The van der Waals surface area contributed by atoms with Crippen LogP contribution in [0.1, 0.15) is 18.5 Å². The lowest BCUT2D eigenvalue weighted by Gasteiger charge is -2.18. The third-order valence-electron chi connectivity index (χ3n) is 2.76. The first-order chi connectivity index (χ1) is 8.31. The SMILES string of the molecule is COc1ccccc1C(C)Nc1ccccc1. The zero-order valence-electron chi connectivity index (χ0n) is 10.2. The molecular formula is C15H17NO. The summed E-state index contributed by atoms with van der Waals surface area (Å²) < 4.78 is 5.36. The summed E-state index contributed by atoms with van der Waals surface area (Å²) in [6.45, 7) is 2.13. The summed E-state index contributed by atoms with van der Waals surface area (Å²) in [5, 5.41) is 3.45. The number of rotatable bonds is 4. The van der Waals surface area contributed by atoms with E-state index in [1.165, 1.54) is 5.56 Å². The van der Waals surface area contributed by atoms with Crippen LogP contribution in [-0.2, 0) is 0 Å². The van der Waals surface area contributed by atoms with E-state index in [2.05, 4.69) is 30.4 Å². The number of methoxy groups -OCH3 is 1. The van der Waals surface area contributed by atoms with Gasteiger partial charge in [-0.25, -0.2) is 0 Å². The molecular weight excluding hydrogens is 210 g/mol. The van der Waals surface area contributed by atoms with Crippen molar-refractivity contribution in [3.05, 3.63) is 60.2 Å². The number of nitrogens with one attached hydrogen (secondary N) is 1. The number of hydrogen-bond donors (Lipinski definition) is 1. The Morgan fingerprint density at radius 1 is 0.941 bits per heavy atom. The van der Waals surface area contributed by atoms with Gasteiger partial charge in [0, 0.05) is 11.3 Å². The Balaban J connectivity index is 2.17. The third kappa shape index (κ3) is 2.78. The van der Waals surface area contributed by atoms with E-state index < -0.39 is 0 Å². The highest BCUT2D eigenvalue weighted by Gasteiger charge is 2.09. The molecule has 0 fully saturated rings. The van der Waals surface area contributed by atoms with Gasteiger partial charge in [-0.15, -0.1) is 0 Å². The van der Waals surface area contributed by atoms with Gasteiger partial charge in [-0.2, -0.15) is 0 Å². The maximum absolute atomic E-state index is 5.36. The van der Waals surface area contributed by atoms with Crippen molar-refractivity contribution in [3.63, 3.8) is 0 Å². The molecule has 0 saturated carbocycles. The van der Waals surface area contributed by atoms with Gasteiger partial charge in [0.1, 0.15) is 5.75 Å². The first kappa shape index (κ1) is 11.5. The van der Waals surface area contributed by atoms with Crippen LogP contribution in [0.25, 0.3) is 0 Å². The van der Waals surface area contributed by atoms with Crippen molar-refractivity contribution in [3.8, 4) is 5.75 Å². The molecule has 1 N–H and O–H groups in total. The molecule has 0 spiro atoms. The second kappa shape index (κ2) is 5.39. The lowest BCUT2D eigenvalue weighted by atomic mass is 10.1. The highest BCUT2D eigenvalue weighted by molar-refractivity contribution is 5.47. The van der Waals surface area contributed by atoms with E-state index in [9.17, 15) is 0 Å². The minimum atomic E-state index is 0.216. The van der Waals surface area contributed by atoms with Crippen LogP contribution in [0.3, 0.4) is 0 Å². The van der Waals surface area contributed by atoms with E-state index in [0.717, 1.165) is 11.4 Å². The molecule has 0 amide bonds. The second-order valence-electron chi connectivity index (χ2n) is 3.97. The van der Waals surface area contributed by atoms with E-state index in [-0.39, 0.29) is 6.04 Å². The quantitative estimate of drug-likeness (QED) is 0.856. The normalized spacial score (nSPS) is 11.9. The fraction of sp³-hybridized carbons (Fsp3) is 0.200. The van der Waals surface area contributed by atoms with Crippen LogP contribution >= 0.6 is 0 Å². The fourth-order valence-electron chi connectivity index (χ4n) is 1.89. The Bertz CT molecular complexity index is 467. The zero-order valence-corrected chi connectivity index (χ0v) is 10.2. The molecule has 1 atom stereocenters. The largest absolute Gasteiger partial charge is 0.496 e. The molecule has 88 valence electrons. The van der Waals surface area contributed by atoms with Crippen molar-refractivity contribution in [2.75, 3.05) is 12.4 Å². The van der Waals surface area contributed by atoms with E-state index in [0.29, 0.717) is 0 Å². The third-order valence-corrected chi connectivity index (χ3v) is 2.76. The maximum atomic E-state index is 5.36. The van der Waals surface area contributed by atoms with Gasteiger partial charge >= 0.3 is 0 Å². The number of benzene rings is 2. The van der Waals surface area contributed by atoms with Crippen LogP contribution in [0.2, 0.25) is 0 Å². The summed E-state index contributed by atoms with van der Waals surface area (Å²) >= 11 is 0. The standard InChI is InChI=1S/C15H17NO/c1-12(16-13-8-4-3-5-9-13)14-10-6-7-11-15(14)17-2/h3-12,16H,1-2H3. The lowest BCUT2D eigenvalue weighted by Crippen LogP contribution is -2.07. The van der Waals surface area contributed by atoms with Gasteiger partial charge in [0.2, 0.25) is 0 Å². The van der Waals surface area contributed by atoms with Crippen LogP contribution in [0.4, 0.5) is 5.69 Å². The lowest BCUT2D eigenvalue weighted by molar-refractivity contribution is 0.408. The van der Waals surface area contributed by atoms with Crippen LogP contribution in [-0.4, -0.2) is 7.11 Å². The molecule has 0 heterocycles. The monoisotopic (exact) mass is 227 g/mol. The van der Waals surface area contributed by atoms with Gasteiger partial charge in [-0.1, -0.05) is 36.4 Å². The molecule has 2 rings (SSSR count). The smallest absolute Gasteiger partial charge is 0.124 e. The number of hydrogen-bond acceptors (Lipinski definition) is 2. The van der Waals surface area contributed by atoms with Gasteiger partial charge in [-0.05, 0) is 25.1 Å². The molecule has 0 radical (unpaired) electrons. The van der Waals surface area contributed by atoms with Crippen molar-refractivity contribution in [1.29, 1.82) is 0 Å². The molecule has 17 heavy (non-hydrogen) atoms. The zero-order chi connectivity index (χ0) is 12.1. The van der Waals surface area contributed by atoms with Crippen molar-refractivity contribution in [2.24, 2.45) is 0 Å². The molecule has 0 saturated heterocycles. The van der Waals surface area contributed by atoms with Gasteiger partial charge in [-0.3, -0.25) is 0 Å². The second-order valence-corrected chi connectivity index (χ2v) is 3.97. The first-order valence-corrected chi connectivity index (χ1v) is 5.76. The Labute approximate surface area is 102 Å². The van der Waals surface area contributed by atoms with Crippen molar-refractivity contribution in [2.45, 2.75) is 13.0 Å². The molecule has 2 aromatic carbocycles. The number of ether oxygens (including phenoxy) is 1. The van der Waals surface area contributed by atoms with Crippen molar-refractivity contribution < 1.29 is 4.74 Å². The van der Waals surface area contributed by atoms with E-state index in [4.69, 9.17) is 4.74 Å². The van der Waals surface area contributed by atoms with Crippen LogP contribution in [0.15, 0.2) is 54.6 Å².